The van der Waals surface area contributed by atoms with Crippen LogP contribution >= 0.6 is 0 Å². The van der Waals surface area contributed by atoms with Crippen LogP contribution in [-0.2, 0) is 19.1 Å². The van der Waals surface area contributed by atoms with Gasteiger partial charge < -0.3 is 24.8 Å². The molecule has 0 radical (unpaired) electrons. The van der Waals surface area contributed by atoms with Crippen molar-refractivity contribution in [2.45, 2.75) is 30.9 Å². The summed E-state index contributed by atoms with van der Waals surface area (Å²) in [6, 6.07) is 15.3. The van der Waals surface area contributed by atoms with Gasteiger partial charge in [-0.2, -0.15) is 0 Å². The van der Waals surface area contributed by atoms with E-state index >= 15 is 0 Å². The van der Waals surface area contributed by atoms with Crippen molar-refractivity contribution < 1.29 is 29.0 Å². The molecule has 2 unspecified atom stereocenters. The zero-order valence-corrected chi connectivity index (χ0v) is 18.8. The second-order valence-electron chi connectivity index (χ2n) is 8.37. The van der Waals surface area contributed by atoms with Gasteiger partial charge in [0.15, 0.2) is 6.10 Å². The zero-order chi connectivity index (χ0) is 24.1. The van der Waals surface area contributed by atoms with E-state index in [0.717, 1.165) is 22.3 Å². The predicted octanol–water partition coefficient (Wildman–Crippen LogP) is 3.17. The number of rotatable bonds is 8. The van der Waals surface area contributed by atoms with E-state index in [4.69, 9.17) is 9.47 Å². The average Bonchev–Trinajstić information content (AvgIpc) is 3.18. The van der Waals surface area contributed by atoms with Crippen LogP contribution in [0, 0.1) is 0 Å². The molecule has 1 aliphatic heterocycles. The monoisotopic (exact) mass is 464 g/mol. The number of carbonyl (C=O) groups is 3. The molecule has 0 saturated carbocycles. The molecule has 0 bridgehead atoms. The van der Waals surface area contributed by atoms with Crippen LogP contribution in [0.5, 0.6) is 0 Å². The molecule has 8 nitrogen and oxygen atoms in total. The maximum atomic E-state index is 13.1. The van der Waals surface area contributed by atoms with Crippen molar-refractivity contribution in [3.63, 3.8) is 0 Å². The molecular formula is C26H28N2O6. The van der Waals surface area contributed by atoms with Crippen LogP contribution in [0.25, 0.3) is 11.1 Å². The van der Waals surface area contributed by atoms with Gasteiger partial charge in [-0.1, -0.05) is 54.6 Å². The molecule has 2 N–H and O–H groups in total. The highest BCUT2D eigenvalue weighted by atomic mass is 16.5. The standard InChI is InChI=1S/C26H28N2O6/c1-2-3-12-22(24(29)28-13-14-33-23(15-28)25(30)31)27-26(32)34-16-21-19-10-6-4-8-17(19)18-9-5-7-11-20(18)21/h2,4-11,21-23H,1,3,12-16H2,(H,27,32)(H,30,31). The summed E-state index contributed by atoms with van der Waals surface area (Å²) in [7, 11) is 0. The van der Waals surface area contributed by atoms with Gasteiger partial charge >= 0.3 is 12.1 Å². The fraction of sp³-hybridized carbons (Fsp3) is 0.346. The Morgan fingerprint density at radius 3 is 2.41 bits per heavy atom. The SMILES string of the molecule is C=CCCC(NC(=O)OCC1c2ccccc2-c2ccccc21)C(=O)N1CCOC(C(=O)O)C1. The van der Waals surface area contributed by atoms with E-state index in [9.17, 15) is 19.5 Å². The highest BCUT2D eigenvalue weighted by Gasteiger charge is 2.34. The smallest absolute Gasteiger partial charge is 0.407 e. The van der Waals surface area contributed by atoms with Crippen LogP contribution < -0.4 is 5.32 Å². The molecule has 0 spiro atoms. The second-order valence-corrected chi connectivity index (χ2v) is 8.37. The fourth-order valence-electron chi connectivity index (χ4n) is 4.54. The third-order valence-electron chi connectivity index (χ3n) is 6.25. The Labute approximate surface area is 198 Å². The lowest BCUT2D eigenvalue weighted by molar-refractivity contribution is -0.160. The normalized spacial score (nSPS) is 17.9. The first-order valence-electron chi connectivity index (χ1n) is 11.3. The van der Waals surface area contributed by atoms with Crippen molar-refractivity contribution in [1.82, 2.24) is 10.2 Å². The van der Waals surface area contributed by atoms with Gasteiger partial charge in [0.2, 0.25) is 5.91 Å². The topological polar surface area (TPSA) is 105 Å². The van der Waals surface area contributed by atoms with Crippen LogP contribution in [0.1, 0.15) is 29.9 Å². The maximum absolute atomic E-state index is 13.1. The number of carboxylic acids is 1. The fourth-order valence-corrected chi connectivity index (χ4v) is 4.54. The number of hydrogen-bond acceptors (Lipinski definition) is 5. The average molecular weight is 465 g/mol. The number of aliphatic carboxylic acids is 1. The van der Waals surface area contributed by atoms with Crippen molar-refractivity contribution in [3.8, 4) is 11.1 Å². The summed E-state index contributed by atoms with van der Waals surface area (Å²) in [5, 5.41) is 11.9. The summed E-state index contributed by atoms with van der Waals surface area (Å²) in [6.45, 7) is 4.15. The number of hydrogen-bond donors (Lipinski definition) is 2. The largest absolute Gasteiger partial charge is 0.479 e. The summed E-state index contributed by atoms with van der Waals surface area (Å²) in [5.74, 6) is -1.56. The van der Waals surface area contributed by atoms with Crippen LogP contribution in [-0.4, -0.2) is 66.4 Å². The number of alkyl carbamates (subject to hydrolysis) is 1. The number of ether oxygens (including phenoxy) is 2. The first-order valence-corrected chi connectivity index (χ1v) is 11.3. The summed E-state index contributed by atoms with van der Waals surface area (Å²) in [6.07, 6.45) is 0.743. The van der Waals surface area contributed by atoms with Gasteiger partial charge in [-0.05, 0) is 35.1 Å². The van der Waals surface area contributed by atoms with Gasteiger partial charge in [0.05, 0.1) is 13.2 Å². The van der Waals surface area contributed by atoms with Gasteiger partial charge in [0, 0.05) is 12.5 Å². The Morgan fingerprint density at radius 1 is 1.15 bits per heavy atom. The Bertz CT molecular complexity index is 1040. The molecule has 178 valence electrons. The molecule has 0 aromatic heterocycles. The Morgan fingerprint density at radius 2 is 1.79 bits per heavy atom. The van der Waals surface area contributed by atoms with Gasteiger partial charge in [0.25, 0.3) is 0 Å². The molecule has 1 aliphatic carbocycles. The van der Waals surface area contributed by atoms with Crippen LogP contribution in [0.4, 0.5) is 4.79 Å². The molecule has 34 heavy (non-hydrogen) atoms. The van der Waals surface area contributed by atoms with Gasteiger partial charge in [-0.25, -0.2) is 9.59 Å². The minimum atomic E-state index is -1.12. The second kappa shape index (κ2) is 10.5. The zero-order valence-electron chi connectivity index (χ0n) is 18.8. The molecule has 2 aromatic rings. The first kappa shape index (κ1) is 23.5. The number of benzene rings is 2. The van der Waals surface area contributed by atoms with Crippen LogP contribution in [0.3, 0.4) is 0 Å². The molecule has 1 fully saturated rings. The van der Waals surface area contributed by atoms with Crippen LogP contribution in [0.15, 0.2) is 61.2 Å². The number of fused-ring (bicyclic) bond motifs is 3. The van der Waals surface area contributed by atoms with Crippen LogP contribution in [0.2, 0.25) is 0 Å². The minimum Gasteiger partial charge on any atom is -0.479 e. The van der Waals surface area contributed by atoms with Crippen molar-refractivity contribution in [1.29, 1.82) is 0 Å². The molecule has 2 amide bonds. The predicted molar refractivity (Wildman–Crippen MR) is 125 cm³/mol. The van der Waals surface area contributed by atoms with E-state index in [0.29, 0.717) is 12.8 Å². The Kier molecular flexibility index (Phi) is 7.27. The summed E-state index contributed by atoms with van der Waals surface area (Å²) in [4.78, 5) is 38.5. The van der Waals surface area contributed by atoms with Crippen molar-refractivity contribution in [2.24, 2.45) is 0 Å². The van der Waals surface area contributed by atoms with Gasteiger partial charge in [-0.3, -0.25) is 4.79 Å². The number of morpholine rings is 1. The van der Waals surface area contributed by atoms with Crippen molar-refractivity contribution in [2.75, 3.05) is 26.3 Å². The first-order chi connectivity index (χ1) is 16.5. The highest BCUT2D eigenvalue weighted by molar-refractivity contribution is 5.86. The summed E-state index contributed by atoms with van der Waals surface area (Å²) < 4.78 is 10.8. The molecular weight excluding hydrogens is 436 g/mol. The molecule has 8 heteroatoms. The van der Waals surface area contributed by atoms with E-state index < -0.39 is 24.2 Å². The lowest BCUT2D eigenvalue weighted by atomic mass is 9.98. The Balaban J connectivity index is 1.41. The molecule has 1 heterocycles. The quantitative estimate of drug-likeness (QED) is 0.582. The number of amides is 2. The van der Waals surface area contributed by atoms with E-state index in [2.05, 4.69) is 24.0 Å². The molecule has 2 aromatic carbocycles. The molecule has 1 saturated heterocycles. The lowest BCUT2D eigenvalue weighted by Gasteiger charge is -2.33. The number of carbonyl (C=O) groups excluding carboxylic acids is 2. The number of allylic oxidation sites excluding steroid dienone is 1. The number of carboxylic acid groups (broad SMARTS) is 1. The number of nitrogens with zero attached hydrogens (tertiary/aromatic N) is 1. The van der Waals surface area contributed by atoms with Gasteiger partial charge in [0.1, 0.15) is 12.6 Å². The van der Waals surface area contributed by atoms with E-state index in [1.165, 1.54) is 4.90 Å². The van der Waals surface area contributed by atoms with E-state index in [-0.39, 0.29) is 38.1 Å². The third kappa shape index (κ3) is 4.97. The molecule has 2 atom stereocenters. The molecule has 4 rings (SSSR count). The van der Waals surface area contributed by atoms with Crippen molar-refractivity contribution >= 4 is 18.0 Å². The van der Waals surface area contributed by atoms with Crippen molar-refractivity contribution in [3.05, 3.63) is 72.3 Å². The maximum Gasteiger partial charge on any atom is 0.407 e. The Hall–Kier alpha value is -3.65. The minimum absolute atomic E-state index is 0.0644. The molecule has 2 aliphatic rings. The van der Waals surface area contributed by atoms with Gasteiger partial charge in [-0.15, -0.1) is 6.58 Å². The summed E-state index contributed by atoms with van der Waals surface area (Å²) in [5.41, 5.74) is 4.46. The third-order valence-corrected chi connectivity index (χ3v) is 6.25. The van der Waals surface area contributed by atoms with E-state index in [1.54, 1.807) is 6.08 Å². The number of nitrogens with one attached hydrogen (secondary N) is 1. The lowest BCUT2D eigenvalue weighted by Crippen LogP contribution is -2.55. The van der Waals surface area contributed by atoms with E-state index in [1.807, 2.05) is 36.4 Å². The highest BCUT2D eigenvalue weighted by Crippen LogP contribution is 2.44. The summed E-state index contributed by atoms with van der Waals surface area (Å²) >= 11 is 0.